The topological polar surface area (TPSA) is 85.1 Å². The van der Waals surface area contributed by atoms with Gasteiger partial charge in [-0.05, 0) is 43.7 Å². The van der Waals surface area contributed by atoms with Gasteiger partial charge < -0.3 is 0 Å². The zero-order valence-corrected chi connectivity index (χ0v) is 12.9. The molecule has 1 heterocycles. The summed E-state index contributed by atoms with van der Waals surface area (Å²) in [6, 6.07) is 3.82. The Balaban J connectivity index is 2.22. The monoisotopic (exact) mass is 297 g/mol. The van der Waals surface area contributed by atoms with Gasteiger partial charge in [0.2, 0.25) is 0 Å². The van der Waals surface area contributed by atoms with Crippen molar-refractivity contribution in [1.82, 2.24) is 10.4 Å². The molecular formula is C14H23N3O2S. The molecule has 1 aromatic rings. The van der Waals surface area contributed by atoms with Crippen LogP contribution in [0.5, 0.6) is 0 Å². The van der Waals surface area contributed by atoms with E-state index in [0.717, 1.165) is 30.5 Å². The molecule has 1 aliphatic carbocycles. The number of aryl methyl sites for hydroxylation is 1. The summed E-state index contributed by atoms with van der Waals surface area (Å²) >= 11 is 0. The van der Waals surface area contributed by atoms with E-state index in [0.29, 0.717) is 6.42 Å². The summed E-state index contributed by atoms with van der Waals surface area (Å²) in [5.41, 5.74) is 4.85. The van der Waals surface area contributed by atoms with E-state index in [-0.39, 0.29) is 17.2 Å². The molecule has 112 valence electrons. The first-order chi connectivity index (χ1) is 9.43. The third kappa shape index (κ3) is 3.37. The van der Waals surface area contributed by atoms with Crippen molar-refractivity contribution in [3.8, 4) is 0 Å². The van der Waals surface area contributed by atoms with Crippen molar-refractivity contribution in [2.45, 2.75) is 43.9 Å². The highest BCUT2D eigenvalue weighted by atomic mass is 32.2. The summed E-state index contributed by atoms with van der Waals surface area (Å²) in [6.45, 7) is 2.00. The highest BCUT2D eigenvalue weighted by Crippen LogP contribution is 2.36. The van der Waals surface area contributed by atoms with Crippen molar-refractivity contribution >= 4 is 9.84 Å². The summed E-state index contributed by atoms with van der Waals surface area (Å²) in [4.78, 5) is 4.42. The lowest BCUT2D eigenvalue weighted by Crippen LogP contribution is -2.39. The molecule has 3 N–H and O–H groups in total. The number of hydrogen-bond donors (Lipinski definition) is 2. The predicted molar refractivity (Wildman–Crippen MR) is 79.6 cm³/mol. The molecule has 3 atom stereocenters. The molecule has 0 spiro atoms. The fourth-order valence-corrected chi connectivity index (χ4v) is 4.33. The molecule has 2 rings (SSSR count). The van der Waals surface area contributed by atoms with Crippen LogP contribution in [-0.2, 0) is 9.84 Å². The normalized spacial score (nSPS) is 25.4. The first-order valence-corrected chi connectivity index (χ1v) is 8.95. The Morgan fingerprint density at radius 2 is 2.20 bits per heavy atom. The van der Waals surface area contributed by atoms with Gasteiger partial charge in [-0.15, -0.1) is 0 Å². The predicted octanol–water partition coefficient (Wildman–Crippen LogP) is 1.50. The van der Waals surface area contributed by atoms with Crippen LogP contribution in [0.3, 0.4) is 0 Å². The molecule has 0 saturated heterocycles. The average Bonchev–Trinajstić information content (AvgIpc) is 2.41. The Hall–Kier alpha value is -0.980. The number of hydrazine groups is 1. The number of aromatic nitrogens is 1. The van der Waals surface area contributed by atoms with E-state index in [1.54, 1.807) is 6.20 Å². The minimum absolute atomic E-state index is 0.0826. The smallest absolute Gasteiger partial charge is 0.150 e. The lowest BCUT2D eigenvalue weighted by molar-refractivity contribution is 0.270. The van der Waals surface area contributed by atoms with Crippen LogP contribution in [-0.4, -0.2) is 24.9 Å². The molecular weight excluding hydrogens is 274 g/mol. The Morgan fingerprint density at radius 1 is 1.45 bits per heavy atom. The van der Waals surface area contributed by atoms with Gasteiger partial charge in [0, 0.05) is 12.5 Å². The van der Waals surface area contributed by atoms with Gasteiger partial charge in [-0.3, -0.25) is 16.3 Å². The molecule has 5 nitrogen and oxygen atoms in total. The maximum Gasteiger partial charge on any atom is 0.150 e. The van der Waals surface area contributed by atoms with Gasteiger partial charge >= 0.3 is 0 Å². The van der Waals surface area contributed by atoms with Gasteiger partial charge in [-0.1, -0.05) is 12.5 Å². The zero-order chi connectivity index (χ0) is 14.8. The molecule has 3 unspecified atom stereocenters. The van der Waals surface area contributed by atoms with Crippen molar-refractivity contribution in [3.63, 3.8) is 0 Å². The van der Waals surface area contributed by atoms with E-state index >= 15 is 0 Å². The first kappa shape index (κ1) is 15.4. The van der Waals surface area contributed by atoms with Crippen molar-refractivity contribution in [2.75, 3.05) is 6.26 Å². The van der Waals surface area contributed by atoms with E-state index in [2.05, 4.69) is 10.4 Å². The fourth-order valence-electron chi connectivity index (χ4n) is 3.13. The Kier molecular flexibility index (Phi) is 4.78. The number of rotatable bonds is 4. The molecule has 0 bridgehead atoms. The molecule has 1 aromatic heterocycles. The van der Waals surface area contributed by atoms with E-state index < -0.39 is 9.84 Å². The molecule has 0 radical (unpaired) electrons. The first-order valence-electron chi connectivity index (χ1n) is 7.00. The quantitative estimate of drug-likeness (QED) is 0.650. The van der Waals surface area contributed by atoms with Crippen LogP contribution in [0, 0.1) is 12.8 Å². The number of nitrogens with zero attached hydrogens (tertiary/aromatic N) is 1. The maximum atomic E-state index is 11.8. The second-order valence-corrected chi connectivity index (χ2v) is 8.05. The maximum absolute atomic E-state index is 11.8. The summed E-state index contributed by atoms with van der Waals surface area (Å²) in [7, 11) is -2.98. The lowest BCUT2D eigenvalue weighted by atomic mass is 9.81. The van der Waals surface area contributed by atoms with Crippen LogP contribution < -0.4 is 11.3 Å². The molecule has 20 heavy (non-hydrogen) atoms. The van der Waals surface area contributed by atoms with Gasteiger partial charge in [-0.2, -0.15) is 0 Å². The van der Waals surface area contributed by atoms with Gasteiger partial charge in [0.25, 0.3) is 0 Å². The Bertz CT molecular complexity index is 559. The van der Waals surface area contributed by atoms with E-state index in [4.69, 9.17) is 5.84 Å². The summed E-state index contributed by atoms with van der Waals surface area (Å²) in [5.74, 6) is 5.93. The van der Waals surface area contributed by atoms with Crippen molar-refractivity contribution in [1.29, 1.82) is 0 Å². The summed E-state index contributed by atoms with van der Waals surface area (Å²) in [5, 5.41) is -0.249. The number of hydrogen-bond acceptors (Lipinski definition) is 5. The number of nitrogens with two attached hydrogens (primary N) is 1. The van der Waals surface area contributed by atoms with Crippen LogP contribution in [0.4, 0.5) is 0 Å². The van der Waals surface area contributed by atoms with Crippen LogP contribution in [0.1, 0.15) is 43.0 Å². The van der Waals surface area contributed by atoms with E-state index in [9.17, 15) is 8.42 Å². The third-order valence-corrected chi connectivity index (χ3v) is 5.91. The SMILES string of the molecule is Cc1cccnc1C(NN)C1CCCC(S(C)(=O)=O)C1. The van der Waals surface area contributed by atoms with Crippen LogP contribution in [0.2, 0.25) is 0 Å². The molecule has 0 aromatic carbocycles. The van der Waals surface area contributed by atoms with Crippen LogP contribution in [0.15, 0.2) is 18.3 Å². The Labute approximate surface area is 120 Å². The highest BCUT2D eigenvalue weighted by Gasteiger charge is 2.34. The largest absolute Gasteiger partial charge is 0.271 e. The van der Waals surface area contributed by atoms with Crippen molar-refractivity contribution in [2.24, 2.45) is 11.8 Å². The minimum Gasteiger partial charge on any atom is -0.271 e. The van der Waals surface area contributed by atoms with Gasteiger partial charge in [0.15, 0.2) is 0 Å². The van der Waals surface area contributed by atoms with Crippen molar-refractivity contribution < 1.29 is 8.42 Å². The van der Waals surface area contributed by atoms with Crippen LogP contribution >= 0.6 is 0 Å². The minimum atomic E-state index is -2.98. The second-order valence-electron chi connectivity index (χ2n) is 5.73. The number of sulfone groups is 1. The molecule has 1 fully saturated rings. The number of nitrogens with one attached hydrogen (secondary N) is 1. The van der Waals surface area contributed by atoms with Gasteiger partial charge in [0.1, 0.15) is 9.84 Å². The lowest BCUT2D eigenvalue weighted by Gasteiger charge is -2.33. The molecule has 6 heteroatoms. The van der Waals surface area contributed by atoms with E-state index in [1.807, 2.05) is 19.1 Å². The average molecular weight is 297 g/mol. The van der Waals surface area contributed by atoms with Crippen LogP contribution in [0.25, 0.3) is 0 Å². The number of pyridine rings is 1. The van der Waals surface area contributed by atoms with Gasteiger partial charge in [0.05, 0.1) is 17.0 Å². The Morgan fingerprint density at radius 3 is 2.80 bits per heavy atom. The zero-order valence-electron chi connectivity index (χ0n) is 12.0. The third-order valence-electron chi connectivity index (χ3n) is 4.27. The molecule has 1 aliphatic rings. The highest BCUT2D eigenvalue weighted by molar-refractivity contribution is 7.91. The molecule has 0 amide bonds. The fraction of sp³-hybridized carbons (Fsp3) is 0.643. The van der Waals surface area contributed by atoms with Gasteiger partial charge in [-0.25, -0.2) is 8.42 Å². The second kappa shape index (κ2) is 6.20. The molecule has 1 saturated carbocycles. The summed E-state index contributed by atoms with van der Waals surface area (Å²) in [6.07, 6.45) is 6.40. The van der Waals surface area contributed by atoms with E-state index in [1.165, 1.54) is 6.26 Å². The standard InChI is InChI=1S/C14H23N3O2S/c1-10-5-4-8-16-13(10)14(17-15)11-6-3-7-12(9-11)20(2,18)19/h4-5,8,11-12,14,17H,3,6-7,9,15H2,1-2H3. The summed E-state index contributed by atoms with van der Waals surface area (Å²) < 4.78 is 23.6. The van der Waals surface area contributed by atoms with Crippen molar-refractivity contribution in [3.05, 3.63) is 29.6 Å². The molecule has 0 aliphatic heterocycles.